The summed E-state index contributed by atoms with van der Waals surface area (Å²) < 4.78 is 29.0. The summed E-state index contributed by atoms with van der Waals surface area (Å²) in [4.78, 5) is 16.6. The molecule has 6 nitrogen and oxygen atoms in total. The lowest BCUT2D eigenvalue weighted by atomic mass is 10.1. The van der Waals surface area contributed by atoms with Crippen molar-refractivity contribution in [3.05, 3.63) is 67.3 Å². The molecule has 0 radical (unpaired) electrons. The van der Waals surface area contributed by atoms with E-state index in [-0.39, 0.29) is 11.4 Å². The smallest absolute Gasteiger partial charge is 0.267 e. The van der Waals surface area contributed by atoms with Crippen molar-refractivity contribution in [2.24, 2.45) is 0 Å². The Morgan fingerprint density at radius 2 is 1.90 bits per heavy atom. The van der Waals surface area contributed by atoms with Gasteiger partial charge in [-0.1, -0.05) is 6.92 Å². The number of carbonyl (C=O) groups excluding carboxylic acids is 1. The summed E-state index contributed by atoms with van der Waals surface area (Å²) in [5.74, 6) is 0.930. The van der Waals surface area contributed by atoms with Crippen molar-refractivity contribution in [3.8, 4) is 11.1 Å². The van der Waals surface area contributed by atoms with Crippen LogP contribution in [0, 0.1) is 0 Å². The van der Waals surface area contributed by atoms with E-state index in [1.165, 1.54) is 3.97 Å². The maximum atomic E-state index is 13.0. The number of rotatable bonds is 7. The lowest BCUT2D eigenvalue weighted by Crippen LogP contribution is -2.10. The minimum Gasteiger partial charge on any atom is -0.325 e. The third-order valence-electron chi connectivity index (χ3n) is 4.59. The lowest BCUT2D eigenvalue weighted by Gasteiger charge is -2.06. The third-order valence-corrected chi connectivity index (χ3v) is 7.14. The average Bonchev–Trinajstić information content (AvgIpc) is 3.35. The Kier molecular flexibility index (Phi) is 5.29. The molecule has 8 heteroatoms. The summed E-state index contributed by atoms with van der Waals surface area (Å²) in [6.07, 6.45) is 7.45. The standard InChI is InChI=1S/C21H19N3O3S2/c1-2-28-17-5-7-18(8-6-17)29(26,27)24-11-9-16(14-24)20-15-23(12-13-25)21-19(20)4-3-10-22-21/h3-11,13-15H,2,12H2,1H3. The van der Waals surface area contributed by atoms with Crippen LogP contribution in [0.5, 0.6) is 0 Å². The highest BCUT2D eigenvalue weighted by atomic mass is 32.2. The van der Waals surface area contributed by atoms with E-state index in [0.29, 0.717) is 5.65 Å². The van der Waals surface area contributed by atoms with E-state index in [1.807, 2.05) is 30.5 Å². The molecular formula is C21H19N3O3S2. The molecule has 0 saturated carbocycles. The second-order valence-electron chi connectivity index (χ2n) is 6.38. The Hall–Kier alpha value is -2.84. The minimum absolute atomic E-state index is 0.189. The zero-order valence-corrected chi connectivity index (χ0v) is 17.4. The molecule has 4 aromatic rings. The molecule has 0 atom stereocenters. The molecule has 3 aromatic heterocycles. The first-order valence-electron chi connectivity index (χ1n) is 9.09. The largest absolute Gasteiger partial charge is 0.325 e. The molecule has 3 heterocycles. The number of thioether (sulfide) groups is 1. The highest BCUT2D eigenvalue weighted by Gasteiger charge is 2.19. The second-order valence-corrected chi connectivity index (χ2v) is 9.56. The van der Waals surface area contributed by atoms with E-state index in [4.69, 9.17) is 0 Å². The molecule has 0 spiro atoms. The molecule has 0 aliphatic carbocycles. The van der Waals surface area contributed by atoms with Crippen LogP contribution in [0.25, 0.3) is 22.2 Å². The maximum Gasteiger partial charge on any atom is 0.267 e. The van der Waals surface area contributed by atoms with E-state index in [1.54, 1.807) is 53.1 Å². The van der Waals surface area contributed by atoms with Crippen LogP contribution in [0.4, 0.5) is 0 Å². The van der Waals surface area contributed by atoms with Gasteiger partial charge in [-0.15, -0.1) is 11.8 Å². The highest BCUT2D eigenvalue weighted by Crippen LogP contribution is 2.31. The fourth-order valence-electron chi connectivity index (χ4n) is 3.25. The number of fused-ring (bicyclic) bond motifs is 1. The predicted octanol–water partition coefficient (Wildman–Crippen LogP) is 4.05. The van der Waals surface area contributed by atoms with E-state index in [2.05, 4.69) is 11.9 Å². The number of benzene rings is 1. The molecule has 29 heavy (non-hydrogen) atoms. The lowest BCUT2D eigenvalue weighted by molar-refractivity contribution is -0.108. The minimum atomic E-state index is -3.69. The molecule has 0 unspecified atom stereocenters. The van der Waals surface area contributed by atoms with Crippen molar-refractivity contribution in [1.82, 2.24) is 13.5 Å². The van der Waals surface area contributed by atoms with Crippen molar-refractivity contribution in [1.29, 1.82) is 0 Å². The van der Waals surface area contributed by atoms with Gasteiger partial charge in [-0.3, -0.25) is 0 Å². The van der Waals surface area contributed by atoms with E-state index in [9.17, 15) is 13.2 Å². The van der Waals surface area contributed by atoms with Gasteiger partial charge in [0.25, 0.3) is 10.0 Å². The van der Waals surface area contributed by atoms with Crippen LogP contribution in [-0.4, -0.2) is 34.0 Å². The number of nitrogens with zero attached hydrogens (tertiary/aromatic N) is 3. The number of aromatic nitrogens is 3. The molecule has 0 aliphatic rings. The van der Waals surface area contributed by atoms with E-state index in [0.717, 1.165) is 33.4 Å². The fourth-order valence-corrected chi connectivity index (χ4v) is 5.11. The van der Waals surface area contributed by atoms with Crippen LogP contribution < -0.4 is 0 Å². The summed E-state index contributed by atoms with van der Waals surface area (Å²) in [6, 6.07) is 12.4. The summed E-state index contributed by atoms with van der Waals surface area (Å²) in [5, 5.41) is 0.866. The Balaban J connectivity index is 1.73. The first kappa shape index (κ1) is 19.5. The van der Waals surface area contributed by atoms with Gasteiger partial charge in [-0.2, -0.15) is 0 Å². The van der Waals surface area contributed by atoms with Crippen molar-refractivity contribution in [3.63, 3.8) is 0 Å². The first-order valence-corrected chi connectivity index (χ1v) is 11.5. The van der Waals surface area contributed by atoms with Crippen LogP contribution in [0.3, 0.4) is 0 Å². The van der Waals surface area contributed by atoms with Gasteiger partial charge in [0.1, 0.15) is 11.9 Å². The maximum absolute atomic E-state index is 13.0. The fraction of sp³-hybridized carbons (Fsp3) is 0.143. The normalized spacial score (nSPS) is 11.8. The van der Waals surface area contributed by atoms with Crippen molar-refractivity contribution < 1.29 is 13.2 Å². The number of hydrogen-bond donors (Lipinski definition) is 0. The molecule has 4 rings (SSSR count). The molecule has 1 aromatic carbocycles. The summed E-state index contributed by atoms with van der Waals surface area (Å²) in [7, 11) is -3.69. The van der Waals surface area contributed by atoms with Gasteiger partial charge in [-0.05, 0) is 48.2 Å². The van der Waals surface area contributed by atoms with Crippen LogP contribution in [0.2, 0.25) is 0 Å². The van der Waals surface area contributed by atoms with Gasteiger partial charge in [0.2, 0.25) is 0 Å². The van der Waals surface area contributed by atoms with Crippen LogP contribution in [-0.2, 0) is 21.4 Å². The molecule has 148 valence electrons. The monoisotopic (exact) mass is 425 g/mol. The number of carbonyl (C=O) groups is 1. The molecule has 0 bridgehead atoms. The van der Waals surface area contributed by atoms with Gasteiger partial charge in [-0.25, -0.2) is 17.4 Å². The Morgan fingerprint density at radius 3 is 2.62 bits per heavy atom. The molecule has 0 fully saturated rings. The second kappa shape index (κ2) is 7.88. The van der Waals surface area contributed by atoms with E-state index >= 15 is 0 Å². The molecule has 0 N–H and O–H groups in total. The first-order chi connectivity index (χ1) is 14.0. The Morgan fingerprint density at radius 1 is 1.10 bits per heavy atom. The Bertz CT molecular complexity index is 1270. The zero-order chi connectivity index (χ0) is 20.4. The van der Waals surface area contributed by atoms with Crippen molar-refractivity contribution >= 4 is 39.1 Å². The van der Waals surface area contributed by atoms with Crippen molar-refractivity contribution in [2.75, 3.05) is 5.75 Å². The van der Waals surface area contributed by atoms with Gasteiger partial charge in [0.15, 0.2) is 0 Å². The Labute approximate surface area is 173 Å². The van der Waals surface area contributed by atoms with Crippen LogP contribution in [0.1, 0.15) is 6.92 Å². The molecule has 0 aliphatic heterocycles. The van der Waals surface area contributed by atoms with Gasteiger partial charge >= 0.3 is 0 Å². The predicted molar refractivity (Wildman–Crippen MR) is 115 cm³/mol. The third kappa shape index (κ3) is 3.61. The molecule has 0 amide bonds. The highest BCUT2D eigenvalue weighted by molar-refractivity contribution is 7.99. The van der Waals surface area contributed by atoms with Gasteiger partial charge < -0.3 is 9.36 Å². The summed E-state index contributed by atoms with van der Waals surface area (Å²) >= 11 is 1.66. The quantitative estimate of drug-likeness (QED) is 0.330. The van der Waals surface area contributed by atoms with Crippen LogP contribution in [0.15, 0.2) is 77.0 Å². The SMILES string of the molecule is CCSc1ccc(S(=O)(=O)n2ccc(-c3cn(CC=O)c4ncccc34)c2)cc1. The summed E-state index contributed by atoms with van der Waals surface area (Å²) in [6.45, 7) is 2.24. The summed E-state index contributed by atoms with van der Waals surface area (Å²) in [5.41, 5.74) is 2.27. The molecule has 0 saturated heterocycles. The number of hydrogen-bond acceptors (Lipinski definition) is 5. The van der Waals surface area contributed by atoms with E-state index < -0.39 is 10.0 Å². The van der Waals surface area contributed by atoms with Crippen molar-refractivity contribution in [2.45, 2.75) is 23.3 Å². The zero-order valence-electron chi connectivity index (χ0n) is 15.7. The molecular weight excluding hydrogens is 406 g/mol. The topological polar surface area (TPSA) is 74.0 Å². The average molecular weight is 426 g/mol. The number of pyridine rings is 1. The van der Waals surface area contributed by atoms with Crippen LogP contribution >= 0.6 is 11.8 Å². The van der Waals surface area contributed by atoms with Gasteiger partial charge in [0, 0.05) is 46.2 Å². The van der Waals surface area contributed by atoms with Gasteiger partial charge in [0.05, 0.1) is 11.4 Å². The number of aldehydes is 1.